The Morgan fingerprint density at radius 3 is 2.34 bits per heavy atom. The summed E-state index contributed by atoms with van der Waals surface area (Å²) < 4.78 is 0. The summed E-state index contributed by atoms with van der Waals surface area (Å²) in [7, 11) is 4.28. The summed E-state index contributed by atoms with van der Waals surface area (Å²) >= 11 is 0. The van der Waals surface area contributed by atoms with Gasteiger partial charge in [0.15, 0.2) is 0 Å². The first-order chi connectivity index (χ1) is 12.4. The molecular weight excluding hydrogens is 433 g/mol. The quantitative estimate of drug-likeness (QED) is 0.671. The van der Waals surface area contributed by atoms with Crippen molar-refractivity contribution in [2.24, 2.45) is 0 Å². The molecule has 0 radical (unpaired) electrons. The Labute approximate surface area is 191 Å². The number of carbonyl (C=O) groups is 1. The Bertz CT molecular complexity index is 778. The number of aromatic nitrogens is 1. The molecule has 0 atom stereocenters. The second-order valence-corrected chi connectivity index (χ2v) is 7.11. The van der Waals surface area contributed by atoms with Crippen LogP contribution in [0.4, 0.5) is 17.2 Å². The number of benzene rings is 1. The number of nitrogens with two attached hydrogens (primary N) is 1. The maximum absolute atomic E-state index is 12.5. The van der Waals surface area contributed by atoms with Gasteiger partial charge in [0, 0.05) is 30.4 Å². The van der Waals surface area contributed by atoms with Gasteiger partial charge in [-0.15, -0.1) is 37.2 Å². The number of nitrogens with zero attached hydrogens (tertiary/aromatic N) is 3. The van der Waals surface area contributed by atoms with Crippen molar-refractivity contribution in [1.29, 1.82) is 0 Å². The minimum absolute atomic E-state index is 0. The van der Waals surface area contributed by atoms with E-state index in [2.05, 4.69) is 34.2 Å². The number of hydrogen-bond donors (Lipinski definition) is 2. The van der Waals surface area contributed by atoms with E-state index < -0.39 is 0 Å². The molecule has 2 heterocycles. The number of hydrogen-bond acceptors (Lipinski definition) is 5. The third-order valence-electron chi connectivity index (χ3n) is 5.06. The summed E-state index contributed by atoms with van der Waals surface area (Å²) in [6, 6.07) is 9.85. The summed E-state index contributed by atoms with van der Waals surface area (Å²) in [6.45, 7) is 3.94. The molecule has 2 aromatic rings. The Morgan fingerprint density at radius 1 is 1.14 bits per heavy atom. The van der Waals surface area contributed by atoms with Gasteiger partial charge in [-0.05, 0) is 63.7 Å². The molecule has 1 aromatic carbocycles. The number of rotatable bonds is 4. The number of amides is 1. The number of nitrogen functional groups attached to an aromatic ring is 1. The van der Waals surface area contributed by atoms with Gasteiger partial charge in [-0.1, -0.05) is 6.07 Å². The number of carbonyl (C=O) groups excluding carboxylic acids is 1. The lowest BCUT2D eigenvalue weighted by atomic mass is 10.0. The second kappa shape index (κ2) is 12.1. The first-order valence-corrected chi connectivity index (χ1v) is 8.99. The summed E-state index contributed by atoms with van der Waals surface area (Å²) in [5.41, 5.74) is 8.91. The minimum Gasteiger partial charge on any atom is -0.399 e. The lowest BCUT2D eigenvalue weighted by molar-refractivity contribution is 0.102. The van der Waals surface area contributed by atoms with Crippen LogP contribution in [0.3, 0.4) is 0 Å². The van der Waals surface area contributed by atoms with Crippen molar-refractivity contribution in [3.05, 3.63) is 47.7 Å². The number of piperidine rings is 1. The maximum Gasteiger partial charge on any atom is 0.257 e. The third-order valence-corrected chi connectivity index (χ3v) is 5.06. The molecule has 1 aromatic heterocycles. The fourth-order valence-corrected chi connectivity index (χ4v) is 3.36. The van der Waals surface area contributed by atoms with Gasteiger partial charge in [0.2, 0.25) is 0 Å². The molecule has 6 nitrogen and oxygen atoms in total. The molecular formula is C20H30Cl3N5O. The van der Waals surface area contributed by atoms with Crippen LogP contribution in [0.2, 0.25) is 0 Å². The van der Waals surface area contributed by atoms with Gasteiger partial charge < -0.3 is 20.9 Å². The van der Waals surface area contributed by atoms with Gasteiger partial charge in [0.05, 0.1) is 11.9 Å². The van der Waals surface area contributed by atoms with Crippen molar-refractivity contribution in [3.8, 4) is 0 Å². The summed E-state index contributed by atoms with van der Waals surface area (Å²) in [5, 5.41) is 2.85. The second-order valence-electron chi connectivity index (χ2n) is 7.11. The number of nitrogens with one attached hydrogen (secondary N) is 1. The monoisotopic (exact) mass is 461 g/mol. The Balaban J connectivity index is 0.00000261. The topological polar surface area (TPSA) is 74.5 Å². The van der Waals surface area contributed by atoms with Gasteiger partial charge in [-0.2, -0.15) is 0 Å². The number of pyridine rings is 1. The maximum atomic E-state index is 12.5. The zero-order valence-electron chi connectivity index (χ0n) is 16.9. The van der Waals surface area contributed by atoms with E-state index in [1.54, 1.807) is 12.1 Å². The van der Waals surface area contributed by atoms with E-state index in [1.165, 1.54) is 0 Å². The first kappa shape index (κ1) is 27.3. The number of aryl methyl sites for hydroxylation is 1. The van der Waals surface area contributed by atoms with Gasteiger partial charge in [-0.3, -0.25) is 4.79 Å². The smallest absolute Gasteiger partial charge is 0.257 e. The average Bonchev–Trinajstić information content (AvgIpc) is 2.64. The van der Waals surface area contributed by atoms with E-state index >= 15 is 0 Å². The molecule has 3 N–H and O–H groups in total. The van der Waals surface area contributed by atoms with Crippen LogP contribution in [0.25, 0.3) is 0 Å². The van der Waals surface area contributed by atoms with Crippen LogP contribution in [-0.2, 0) is 0 Å². The highest BCUT2D eigenvalue weighted by Gasteiger charge is 2.21. The lowest BCUT2D eigenvalue weighted by Crippen LogP contribution is -2.42. The number of halogens is 3. The summed E-state index contributed by atoms with van der Waals surface area (Å²) in [4.78, 5) is 21.5. The molecule has 0 unspecified atom stereocenters. The van der Waals surface area contributed by atoms with E-state index in [0.29, 0.717) is 23.1 Å². The molecule has 3 rings (SSSR count). The van der Waals surface area contributed by atoms with Gasteiger partial charge >= 0.3 is 0 Å². The van der Waals surface area contributed by atoms with Crippen molar-refractivity contribution < 1.29 is 4.79 Å². The fourth-order valence-electron chi connectivity index (χ4n) is 3.36. The van der Waals surface area contributed by atoms with Crippen LogP contribution >= 0.6 is 37.2 Å². The molecule has 0 bridgehead atoms. The Hall–Kier alpha value is -1.73. The van der Waals surface area contributed by atoms with Crippen LogP contribution in [0.5, 0.6) is 0 Å². The SMILES string of the molecule is Cc1ccc(N)cc1C(=O)Nc1ccc(N2CCC(N(C)C)CC2)cn1.Cl.Cl.Cl. The molecule has 1 amide bonds. The molecule has 29 heavy (non-hydrogen) atoms. The third kappa shape index (κ3) is 6.93. The lowest BCUT2D eigenvalue weighted by Gasteiger charge is -2.36. The molecule has 0 aliphatic carbocycles. The largest absolute Gasteiger partial charge is 0.399 e. The molecule has 162 valence electrons. The van der Waals surface area contributed by atoms with Crippen molar-refractivity contribution in [2.75, 3.05) is 43.1 Å². The Kier molecular flexibility index (Phi) is 11.4. The van der Waals surface area contributed by atoms with Gasteiger partial charge in [0.1, 0.15) is 5.82 Å². The predicted octanol–water partition coefficient (Wildman–Crippen LogP) is 4.02. The van der Waals surface area contributed by atoms with Gasteiger partial charge in [-0.25, -0.2) is 4.98 Å². The highest BCUT2D eigenvalue weighted by atomic mass is 35.5. The van der Waals surface area contributed by atoms with Crippen molar-refractivity contribution in [2.45, 2.75) is 25.8 Å². The Morgan fingerprint density at radius 2 is 1.79 bits per heavy atom. The van der Waals surface area contributed by atoms with Crippen molar-refractivity contribution in [1.82, 2.24) is 9.88 Å². The first-order valence-electron chi connectivity index (χ1n) is 8.99. The molecule has 1 aliphatic rings. The van der Waals surface area contributed by atoms with Crippen LogP contribution in [0, 0.1) is 6.92 Å². The van der Waals surface area contributed by atoms with E-state index in [-0.39, 0.29) is 43.1 Å². The predicted molar refractivity (Wildman–Crippen MR) is 128 cm³/mol. The minimum atomic E-state index is -0.193. The summed E-state index contributed by atoms with van der Waals surface area (Å²) in [6.07, 6.45) is 4.14. The highest BCUT2D eigenvalue weighted by molar-refractivity contribution is 6.05. The molecule has 0 saturated carbocycles. The molecule has 1 aliphatic heterocycles. The fraction of sp³-hybridized carbons (Fsp3) is 0.400. The van der Waals surface area contributed by atoms with E-state index in [1.807, 2.05) is 31.3 Å². The van der Waals surface area contributed by atoms with E-state index in [4.69, 9.17) is 5.73 Å². The molecule has 1 fully saturated rings. The summed E-state index contributed by atoms with van der Waals surface area (Å²) in [5.74, 6) is 0.352. The van der Waals surface area contributed by atoms with Crippen LogP contribution < -0.4 is 16.0 Å². The van der Waals surface area contributed by atoms with Crippen LogP contribution in [0.15, 0.2) is 36.5 Å². The molecule has 9 heteroatoms. The number of anilines is 3. The van der Waals surface area contributed by atoms with Crippen LogP contribution in [0.1, 0.15) is 28.8 Å². The van der Waals surface area contributed by atoms with Crippen LogP contribution in [-0.4, -0.2) is 49.0 Å². The standard InChI is InChI=1S/C20H27N5O.3ClH/c1-14-4-5-15(21)12-18(14)20(26)23-19-7-6-17(13-22-19)25-10-8-16(9-11-25)24(2)3;;;/h4-7,12-13,16H,8-11,21H2,1-3H3,(H,22,23,26);3*1H. The molecule has 0 spiro atoms. The zero-order chi connectivity index (χ0) is 18.7. The highest BCUT2D eigenvalue weighted by Crippen LogP contribution is 2.22. The van der Waals surface area contributed by atoms with Gasteiger partial charge in [0.25, 0.3) is 5.91 Å². The normalized spacial score (nSPS) is 13.7. The average molecular weight is 463 g/mol. The zero-order valence-corrected chi connectivity index (χ0v) is 19.4. The van der Waals surface area contributed by atoms with Crippen molar-refractivity contribution >= 4 is 60.3 Å². The van der Waals surface area contributed by atoms with Crippen molar-refractivity contribution in [3.63, 3.8) is 0 Å². The van der Waals surface area contributed by atoms with E-state index in [9.17, 15) is 4.79 Å². The van der Waals surface area contributed by atoms with E-state index in [0.717, 1.165) is 37.2 Å². The molecule has 1 saturated heterocycles.